The molecular weight excluding hydrogens is 296 g/mol. The van der Waals surface area contributed by atoms with Crippen molar-refractivity contribution in [3.8, 4) is 0 Å². The number of nitro groups is 2. The highest BCUT2D eigenvalue weighted by molar-refractivity contribution is 6.99. The Morgan fingerprint density at radius 3 is 2.67 bits per heavy atom. The molecule has 0 radical (unpaired) electrons. The summed E-state index contributed by atoms with van der Waals surface area (Å²) in [5.41, 5.74) is -1.12. The van der Waals surface area contributed by atoms with Gasteiger partial charge in [-0.2, -0.15) is 8.75 Å². The molecule has 5 rings (SSSR count). The molecule has 0 aliphatic heterocycles. The first-order chi connectivity index (χ1) is 10.1. The van der Waals surface area contributed by atoms with Crippen molar-refractivity contribution in [3.63, 3.8) is 0 Å². The van der Waals surface area contributed by atoms with Crippen LogP contribution in [0.5, 0.6) is 0 Å². The van der Waals surface area contributed by atoms with Crippen LogP contribution < -0.4 is 0 Å². The van der Waals surface area contributed by atoms with Gasteiger partial charge in [-0.3, -0.25) is 20.2 Å². The summed E-state index contributed by atoms with van der Waals surface area (Å²) >= 11 is 0.878. The van der Waals surface area contributed by atoms with Gasteiger partial charge >= 0.3 is 5.70 Å². The Balaban J connectivity index is 2.04. The summed E-state index contributed by atoms with van der Waals surface area (Å²) in [5, 5.41) is 23.2. The molecule has 1 fully saturated rings. The van der Waals surface area contributed by atoms with Crippen LogP contribution in [0.15, 0.2) is 18.2 Å². The quantitative estimate of drug-likeness (QED) is 0.468. The summed E-state index contributed by atoms with van der Waals surface area (Å²) in [4.78, 5) is 22.2. The molecule has 0 saturated heterocycles. The van der Waals surface area contributed by atoms with Gasteiger partial charge in [0.2, 0.25) is 0 Å². The first-order valence-electron chi connectivity index (χ1n) is 6.58. The van der Waals surface area contributed by atoms with Crippen molar-refractivity contribution in [1.82, 2.24) is 8.75 Å². The fourth-order valence-corrected chi connectivity index (χ4v) is 4.60. The lowest BCUT2D eigenvalue weighted by molar-refractivity contribution is -0.575. The van der Waals surface area contributed by atoms with Crippen LogP contribution in [0.4, 0.5) is 0 Å². The number of hydrogen-bond acceptors (Lipinski definition) is 7. The second-order valence-electron chi connectivity index (χ2n) is 5.64. The van der Waals surface area contributed by atoms with E-state index in [1.165, 1.54) is 6.08 Å². The van der Waals surface area contributed by atoms with Crippen LogP contribution in [0.25, 0.3) is 5.70 Å². The van der Waals surface area contributed by atoms with Gasteiger partial charge in [0.15, 0.2) is 5.69 Å². The van der Waals surface area contributed by atoms with Crippen molar-refractivity contribution < 1.29 is 9.85 Å². The summed E-state index contributed by atoms with van der Waals surface area (Å²) in [6, 6.07) is 0. The first-order valence-corrected chi connectivity index (χ1v) is 7.31. The van der Waals surface area contributed by atoms with Gasteiger partial charge in [-0.15, -0.1) is 0 Å². The first kappa shape index (κ1) is 12.6. The predicted octanol–water partition coefficient (Wildman–Crippen LogP) is 1.86. The number of aromatic nitrogens is 2. The van der Waals surface area contributed by atoms with Crippen molar-refractivity contribution >= 4 is 17.4 Å². The van der Waals surface area contributed by atoms with Crippen molar-refractivity contribution in [2.75, 3.05) is 0 Å². The molecule has 0 unspecified atom stereocenters. The molecule has 21 heavy (non-hydrogen) atoms. The molecule has 4 atom stereocenters. The van der Waals surface area contributed by atoms with E-state index < -0.39 is 16.4 Å². The third kappa shape index (κ3) is 1.39. The molecule has 0 amide bonds. The van der Waals surface area contributed by atoms with Crippen LogP contribution in [0.3, 0.4) is 0 Å². The Bertz CT molecular complexity index is 727. The SMILES string of the molecule is O=[N+]([O-])C1=C[C@@]2([N+](=O)[O-])[C@@H]3C=C[C@@H](CC3)[C@H]2c2nsnc21. The molecule has 1 aromatic heterocycles. The normalized spacial score (nSPS) is 35.8. The molecule has 9 heteroatoms. The molecule has 8 nitrogen and oxygen atoms in total. The molecule has 4 aliphatic rings. The molecule has 1 aromatic rings. The van der Waals surface area contributed by atoms with Gasteiger partial charge < -0.3 is 0 Å². The second-order valence-corrected chi connectivity index (χ2v) is 6.17. The minimum Gasteiger partial charge on any atom is -0.264 e. The highest BCUT2D eigenvalue weighted by Gasteiger charge is 2.66. The van der Waals surface area contributed by atoms with E-state index in [9.17, 15) is 20.2 Å². The van der Waals surface area contributed by atoms with E-state index in [0.717, 1.165) is 18.1 Å². The van der Waals surface area contributed by atoms with Crippen molar-refractivity contribution in [2.45, 2.75) is 24.3 Å². The zero-order valence-electron chi connectivity index (χ0n) is 10.7. The lowest BCUT2D eigenvalue weighted by atomic mass is 9.55. The minimum atomic E-state index is -1.46. The molecule has 0 spiro atoms. The molecule has 1 heterocycles. The van der Waals surface area contributed by atoms with E-state index in [-0.39, 0.29) is 28.2 Å². The topological polar surface area (TPSA) is 112 Å². The van der Waals surface area contributed by atoms with Gasteiger partial charge in [0, 0.05) is 4.92 Å². The predicted molar refractivity (Wildman–Crippen MR) is 72.7 cm³/mol. The molecule has 0 aromatic carbocycles. The van der Waals surface area contributed by atoms with Crippen LogP contribution in [0, 0.1) is 32.1 Å². The smallest absolute Gasteiger partial charge is 0.264 e. The molecule has 1 saturated carbocycles. The third-order valence-corrected chi connectivity index (χ3v) is 5.40. The fourth-order valence-electron chi connectivity index (χ4n) is 4.00. The maximum absolute atomic E-state index is 11.9. The second kappa shape index (κ2) is 3.94. The van der Waals surface area contributed by atoms with Crippen LogP contribution >= 0.6 is 11.7 Å². The van der Waals surface area contributed by atoms with E-state index in [2.05, 4.69) is 8.75 Å². The van der Waals surface area contributed by atoms with Crippen molar-refractivity contribution in [3.05, 3.63) is 49.8 Å². The number of allylic oxidation sites excluding steroid dienone is 1. The maximum atomic E-state index is 11.9. The summed E-state index contributed by atoms with van der Waals surface area (Å²) < 4.78 is 8.17. The number of fused-ring (bicyclic) bond motifs is 2. The monoisotopic (exact) mass is 306 g/mol. The van der Waals surface area contributed by atoms with Gasteiger partial charge in [-0.1, -0.05) is 12.2 Å². The van der Waals surface area contributed by atoms with Gasteiger partial charge in [0.1, 0.15) is 0 Å². The van der Waals surface area contributed by atoms with Crippen molar-refractivity contribution in [2.24, 2.45) is 11.8 Å². The van der Waals surface area contributed by atoms with Gasteiger partial charge in [0.25, 0.3) is 5.54 Å². The minimum absolute atomic E-state index is 0.00685. The van der Waals surface area contributed by atoms with E-state index in [1.807, 2.05) is 12.2 Å². The molecular formula is C12H10N4O4S. The lowest BCUT2D eigenvalue weighted by Gasteiger charge is -2.46. The lowest BCUT2D eigenvalue weighted by Crippen LogP contribution is -2.57. The zero-order valence-corrected chi connectivity index (χ0v) is 11.5. The Kier molecular flexibility index (Phi) is 2.36. The van der Waals surface area contributed by atoms with Crippen LogP contribution in [-0.4, -0.2) is 24.1 Å². The van der Waals surface area contributed by atoms with E-state index in [0.29, 0.717) is 12.1 Å². The van der Waals surface area contributed by atoms with E-state index in [1.54, 1.807) is 0 Å². The van der Waals surface area contributed by atoms with E-state index in [4.69, 9.17) is 0 Å². The fraction of sp³-hybridized carbons (Fsp3) is 0.500. The van der Waals surface area contributed by atoms with Crippen LogP contribution in [0.1, 0.15) is 30.1 Å². The molecule has 0 N–H and O–H groups in total. The standard InChI is InChI=1S/C12H10N4O4S/c17-15(18)8-5-12(16(19)20)7-3-1-6(2-4-7)9(12)11-10(8)13-21-14-11/h1,3,5-7,9H,2,4H2/t6-,7+,9-,12+/m0/s1. The van der Waals surface area contributed by atoms with Crippen LogP contribution in [-0.2, 0) is 0 Å². The summed E-state index contributed by atoms with van der Waals surface area (Å²) in [6.07, 6.45) is 6.58. The molecule has 4 aliphatic carbocycles. The Labute approximate surface area is 122 Å². The largest absolute Gasteiger partial charge is 0.301 e. The number of hydrogen-bond donors (Lipinski definition) is 0. The van der Waals surface area contributed by atoms with Gasteiger partial charge in [0.05, 0.1) is 40.3 Å². The average Bonchev–Trinajstić information content (AvgIpc) is 2.96. The molecule has 108 valence electrons. The third-order valence-electron chi connectivity index (χ3n) is 4.85. The summed E-state index contributed by atoms with van der Waals surface area (Å²) in [5.74, 6) is -0.784. The number of nitrogens with zero attached hydrogens (tertiary/aromatic N) is 4. The Hall–Kier alpha value is -2.16. The Morgan fingerprint density at radius 1 is 1.24 bits per heavy atom. The van der Waals surface area contributed by atoms with E-state index >= 15 is 0 Å². The maximum Gasteiger partial charge on any atom is 0.301 e. The molecule has 2 bridgehead atoms. The van der Waals surface area contributed by atoms with Crippen LogP contribution in [0.2, 0.25) is 0 Å². The number of rotatable bonds is 2. The highest BCUT2D eigenvalue weighted by Crippen LogP contribution is 2.57. The summed E-state index contributed by atoms with van der Waals surface area (Å²) in [6.45, 7) is 0. The van der Waals surface area contributed by atoms with Crippen molar-refractivity contribution in [1.29, 1.82) is 0 Å². The average molecular weight is 306 g/mol. The Morgan fingerprint density at radius 2 is 2.05 bits per heavy atom. The zero-order chi connectivity index (χ0) is 14.8. The highest BCUT2D eigenvalue weighted by atomic mass is 32.1. The van der Waals surface area contributed by atoms with Gasteiger partial charge in [-0.05, 0) is 18.8 Å². The summed E-state index contributed by atoms with van der Waals surface area (Å²) in [7, 11) is 0. The van der Waals surface area contributed by atoms with Gasteiger partial charge in [-0.25, -0.2) is 0 Å².